The summed E-state index contributed by atoms with van der Waals surface area (Å²) in [7, 11) is 0. The van der Waals surface area contributed by atoms with Gasteiger partial charge in [0, 0.05) is 17.8 Å². The van der Waals surface area contributed by atoms with E-state index in [4.69, 9.17) is 14.6 Å². The highest BCUT2D eigenvalue weighted by Crippen LogP contribution is 2.86. The predicted octanol–water partition coefficient (Wildman–Crippen LogP) is 3.96. The van der Waals surface area contributed by atoms with Crippen LogP contribution in [-0.2, 0) is 30.4 Å². The number of amides is 1. The van der Waals surface area contributed by atoms with E-state index >= 15 is 0 Å². The number of aliphatic hydroxyl groups is 2. The largest absolute Gasteiger partial charge is 0.481 e. The quantitative estimate of drug-likeness (QED) is 0.233. The number of ether oxygens (including phenoxy) is 2. The van der Waals surface area contributed by atoms with Crippen molar-refractivity contribution in [3.63, 3.8) is 0 Å². The average Bonchev–Trinajstić information content (AvgIpc) is 3.86. The number of nitrogens with zero attached hydrogens (tertiary/aromatic N) is 1. The van der Waals surface area contributed by atoms with Crippen molar-refractivity contribution in [2.45, 2.75) is 68.0 Å². The SMILES string of the molecule is CC(C)[C@]12O[C@]1(C(=O)Nc1ccccc1)[C@@]1(c3ccccc3)O[C@]1(c1ccc(F)cc1)N2CC[C@@H](O)C[C@@H](O)CC(=O)O. The fourth-order valence-corrected chi connectivity index (χ4v) is 7.25. The third kappa shape index (κ3) is 4.16. The number of likely N-dealkylation sites (tertiary alicyclic amines) is 1. The number of fused-ring (bicyclic) bond motifs is 3. The minimum atomic E-state index is -1.52. The van der Waals surface area contributed by atoms with Crippen LogP contribution in [0, 0.1) is 11.7 Å². The molecule has 0 aliphatic carbocycles. The van der Waals surface area contributed by atoms with Gasteiger partial charge >= 0.3 is 5.97 Å². The zero-order valence-electron chi connectivity index (χ0n) is 23.9. The first kappa shape index (κ1) is 29.4. The summed E-state index contributed by atoms with van der Waals surface area (Å²) in [5, 5.41) is 33.1. The molecule has 0 bridgehead atoms. The molecule has 0 unspecified atom stereocenters. The number of halogens is 1. The van der Waals surface area contributed by atoms with E-state index < -0.39 is 53.1 Å². The maximum absolute atomic E-state index is 14.5. The van der Waals surface area contributed by atoms with Crippen LogP contribution in [0.1, 0.15) is 44.2 Å². The van der Waals surface area contributed by atoms with E-state index in [1.54, 1.807) is 24.3 Å². The number of aliphatic hydroxyl groups excluding tert-OH is 2. The number of rotatable bonds is 12. The Balaban J connectivity index is 1.47. The predicted molar refractivity (Wildman–Crippen MR) is 154 cm³/mol. The van der Waals surface area contributed by atoms with Gasteiger partial charge in [0.15, 0.2) is 17.1 Å². The molecule has 6 atom stereocenters. The molecule has 10 heteroatoms. The zero-order chi connectivity index (χ0) is 30.6. The Morgan fingerprint density at radius 1 is 0.884 bits per heavy atom. The number of nitrogens with one attached hydrogen (secondary N) is 1. The second-order valence-electron chi connectivity index (χ2n) is 11.8. The molecule has 6 rings (SSSR count). The summed E-state index contributed by atoms with van der Waals surface area (Å²) in [5.74, 6) is -2.21. The van der Waals surface area contributed by atoms with Gasteiger partial charge in [-0.3, -0.25) is 9.59 Å². The Bertz CT molecular complexity index is 1510. The molecule has 4 N–H and O–H groups in total. The number of para-hydroxylation sites is 1. The number of hydrogen-bond donors (Lipinski definition) is 4. The Morgan fingerprint density at radius 2 is 1.51 bits per heavy atom. The maximum Gasteiger partial charge on any atom is 0.305 e. The van der Waals surface area contributed by atoms with Crippen LogP contribution in [0.2, 0.25) is 0 Å². The van der Waals surface area contributed by atoms with Gasteiger partial charge in [0.2, 0.25) is 5.60 Å². The van der Waals surface area contributed by atoms with Gasteiger partial charge in [0.25, 0.3) is 5.91 Å². The summed E-state index contributed by atoms with van der Waals surface area (Å²) in [6.07, 6.45) is -2.75. The first-order valence-electron chi connectivity index (χ1n) is 14.5. The van der Waals surface area contributed by atoms with Crippen molar-refractivity contribution in [2.24, 2.45) is 5.92 Å². The minimum Gasteiger partial charge on any atom is -0.481 e. The summed E-state index contributed by atoms with van der Waals surface area (Å²) >= 11 is 0. The number of epoxide rings is 2. The van der Waals surface area contributed by atoms with Crippen LogP contribution >= 0.6 is 0 Å². The average molecular weight is 591 g/mol. The van der Waals surface area contributed by atoms with Crippen LogP contribution in [-0.4, -0.2) is 62.2 Å². The van der Waals surface area contributed by atoms with E-state index in [1.165, 1.54) is 12.1 Å². The fourth-order valence-electron chi connectivity index (χ4n) is 7.25. The van der Waals surface area contributed by atoms with Crippen molar-refractivity contribution in [1.29, 1.82) is 0 Å². The van der Waals surface area contributed by atoms with Crippen molar-refractivity contribution in [1.82, 2.24) is 4.90 Å². The summed E-state index contributed by atoms with van der Waals surface area (Å²) < 4.78 is 27.7. The lowest BCUT2D eigenvalue weighted by Crippen LogP contribution is -2.52. The molecule has 43 heavy (non-hydrogen) atoms. The summed E-state index contributed by atoms with van der Waals surface area (Å²) in [6.45, 7) is 4.09. The Morgan fingerprint density at radius 3 is 2.12 bits per heavy atom. The number of hydrogen-bond acceptors (Lipinski definition) is 7. The van der Waals surface area contributed by atoms with Gasteiger partial charge in [0.05, 0.1) is 18.6 Å². The molecule has 3 heterocycles. The molecule has 3 saturated heterocycles. The molecule has 3 aromatic carbocycles. The molecule has 0 aromatic heterocycles. The second-order valence-corrected chi connectivity index (χ2v) is 11.8. The first-order valence-corrected chi connectivity index (χ1v) is 14.5. The minimum absolute atomic E-state index is 0.127. The van der Waals surface area contributed by atoms with Gasteiger partial charge in [-0.25, -0.2) is 9.29 Å². The molecule has 3 aromatic rings. The molecule has 0 saturated carbocycles. The second kappa shape index (κ2) is 10.5. The van der Waals surface area contributed by atoms with Crippen LogP contribution in [0.25, 0.3) is 0 Å². The summed E-state index contributed by atoms with van der Waals surface area (Å²) in [5.41, 5.74) is -3.34. The van der Waals surface area contributed by atoms with Crippen LogP contribution < -0.4 is 5.32 Å². The molecule has 0 spiro atoms. The molecule has 9 nitrogen and oxygen atoms in total. The molecule has 1 amide bonds. The van der Waals surface area contributed by atoms with Crippen LogP contribution in [0.4, 0.5) is 10.1 Å². The number of anilines is 1. The van der Waals surface area contributed by atoms with E-state index in [1.807, 2.05) is 67.3 Å². The van der Waals surface area contributed by atoms with Crippen LogP contribution in [0.5, 0.6) is 0 Å². The summed E-state index contributed by atoms with van der Waals surface area (Å²) in [4.78, 5) is 27.5. The third-order valence-corrected chi connectivity index (χ3v) is 8.97. The molecule has 3 aliphatic heterocycles. The standard InChI is InChI=1S/C33H35FN2O7/c1-21(2)32-31(43-32,29(41)35-25-11-7-4-8-12-25)30(22-9-5-3-6-10-22)33(42-30,23-13-15-24(34)16-14-23)36(32)18-17-26(37)19-27(38)20-28(39)40/h3-16,21,26-27,37-38H,17-20H2,1-2H3,(H,35,41)(H,39,40)/t26-,27-,30-,31-,32+,33+/m1/s1. The van der Waals surface area contributed by atoms with E-state index in [-0.39, 0.29) is 31.2 Å². The van der Waals surface area contributed by atoms with Gasteiger partial charge in [-0.2, -0.15) is 0 Å². The molecule has 226 valence electrons. The Labute approximate surface area is 248 Å². The van der Waals surface area contributed by atoms with Crippen molar-refractivity contribution in [3.8, 4) is 0 Å². The number of carbonyl (C=O) groups is 2. The lowest BCUT2D eigenvalue weighted by Gasteiger charge is -2.36. The molecule has 3 aliphatic rings. The molecule has 0 radical (unpaired) electrons. The molecular weight excluding hydrogens is 555 g/mol. The maximum atomic E-state index is 14.5. The number of carbonyl (C=O) groups excluding carboxylic acids is 1. The van der Waals surface area contributed by atoms with E-state index in [0.717, 1.165) is 0 Å². The normalized spacial score (nSPS) is 30.3. The van der Waals surface area contributed by atoms with E-state index in [0.29, 0.717) is 16.8 Å². The van der Waals surface area contributed by atoms with E-state index in [9.17, 15) is 24.2 Å². The van der Waals surface area contributed by atoms with Crippen LogP contribution in [0.15, 0.2) is 84.9 Å². The van der Waals surface area contributed by atoms with Crippen molar-refractivity contribution in [2.75, 3.05) is 11.9 Å². The lowest BCUT2D eigenvalue weighted by atomic mass is 9.76. The highest BCUT2D eigenvalue weighted by atomic mass is 19.1. The third-order valence-electron chi connectivity index (χ3n) is 8.97. The fraction of sp³-hybridized carbons (Fsp3) is 0.394. The van der Waals surface area contributed by atoms with Gasteiger partial charge in [-0.05, 0) is 48.6 Å². The lowest BCUT2D eigenvalue weighted by molar-refractivity contribution is -0.139. The van der Waals surface area contributed by atoms with Gasteiger partial charge < -0.3 is 30.1 Å². The number of benzene rings is 3. The van der Waals surface area contributed by atoms with Crippen LogP contribution in [0.3, 0.4) is 0 Å². The summed E-state index contributed by atoms with van der Waals surface area (Å²) in [6, 6.07) is 24.4. The zero-order valence-corrected chi connectivity index (χ0v) is 23.9. The highest BCUT2D eigenvalue weighted by Gasteiger charge is 3.06. The molecular formula is C33H35FN2O7. The molecule has 3 fully saturated rings. The number of carboxylic acids is 1. The van der Waals surface area contributed by atoms with Gasteiger partial charge in [0.1, 0.15) is 5.82 Å². The monoisotopic (exact) mass is 590 g/mol. The number of aliphatic carboxylic acids is 1. The topological polar surface area (TPSA) is 135 Å². The van der Waals surface area contributed by atoms with Crippen molar-refractivity contribution in [3.05, 3.63) is 102 Å². The number of carboxylic acid groups (broad SMARTS) is 1. The van der Waals surface area contributed by atoms with Gasteiger partial charge in [-0.15, -0.1) is 0 Å². The Hall–Kier alpha value is -3.67. The highest BCUT2D eigenvalue weighted by molar-refractivity contribution is 6.03. The van der Waals surface area contributed by atoms with Gasteiger partial charge in [-0.1, -0.05) is 74.5 Å². The van der Waals surface area contributed by atoms with E-state index in [2.05, 4.69) is 5.32 Å². The smallest absolute Gasteiger partial charge is 0.305 e. The Kier molecular flexibility index (Phi) is 7.18. The van der Waals surface area contributed by atoms with Crippen molar-refractivity contribution < 1.29 is 38.8 Å². The van der Waals surface area contributed by atoms with Crippen molar-refractivity contribution >= 4 is 17.6 Å². The first-order chi connectivity index (χ1) is 20.5.